The van der Waals surface area contributed by atoms with E-state index in [1.54, 1.807) is 31.2 Å². The highest BCUT2D eigenvalue weighted by atomic mass is 19.4. The van der Waals surface area contributed by atoms with E-state index in [1.807, 2.05) is 0 Å². The zero-order chi connectivity index (χ0) is 18.9. The Labute approximate surface area is 145 Å². The van der Waals surface area contributed by atoms with Gasteiger partial charge in [-0.15, -0.1) is 0 Å². The molecule has 138 valence electrons. The standard InChI is InChI=1S/C17H15F5N4/c1-10(8-23-14-7-6-11(9-24-14)17(20,21)22)15-25-12-4-2-3-5-13(12)26(15)16(18)19/h2-7,9-10,16H,8H2,1H3,(H,23,24)/t10-/m0/s1. The third-order valence-corrected chi connectivity index (χ3v) is 3.94. The monoisotopic (exact) mass is 370 g/mol. The van der Waals surface area contributed by atoms with Crippen molar-refractivity contribution in [2.75, 3.05) is 11.9 Å². The average Bonchev–Trinajstić information content (AvgIpc) is 2.99. The first-order valence-electron chi connectivity index (χ1n) is 7.79. The number of nitrogens with zero attached hydrogens (tertiary/aromatic N) is 3. The summed E-state index contributed by atoms with van der Waals surface area (Å²) in [7, 11) is 0. The molecule has 1 N–H and O–H groups in total. The lowest BCUT2D eigenvalue weighted by atomic mass is 10.1. The average molecular weight is 370 g/mol. The minimum Gasteiger partial charge on any atom is -0.369 e. The Hall–Kier alpha value is -2.71. The summed E-state index contributed by atoms with van der Waals surface area (Å²) in [4.78, 5) is 7.97. The van der Waals surface area contributed by atoms with E-state index in [9.17, 15) is 22.0 Å². The second-order valence-electron chi connectivity index (χ2n) is 5.82. The van der Waals surface area contributed by atoms with Crippen molar-refractivity contribution in [1.82, 2.24) is 14.5 Å². The number of hydrogen-bond donors (Lipinski definition) is 1. The van der Waals surface area contributed by atoms with Gasteiger partial charge in [-0.05, 0) is 24.3 Å². The molecule has 2 heterocycles. The van der Waals surface area contributed by atoms with E-state index in [0.717, 1.165) is 16.8 Å². The van der Waals surface area contributed by atoms with E-state index in [0.29, 0.717) is 11.0 Å². The molecule has 0 unspecified atom stereocenters. The van der Waals surface area contributed by atoms with Gasteiger partial charge in [0, 0.05) is 18.7 Å². The van der Waals surface area contributed by atoms with Gasteiger partial charge in [0.25, 0.3) is 0 Å². The summed E-state index contributed by atoms with van der Waals surface area (Å²) in [5.74, 6) is 0.00524. The van der Waals surface area contributed by atoms with Crippen LogP contribution in [0.1, 0.15) is 30.8 Å². The van der Waals surface area contributed by atoms with Crippen LogP contribution in [0.2, 0.25) is 0 Å². The molecular weight excluding hydrogens is 355 g/mol. The van der Waals surface area contributed by atoms with E-state index < -0.39 is 24.2 Å². The van der Waals surface area contributed by atoms with Gasteiger partial charge in [0.2, 0.25) is 0 Å². The van der Waals surface area contributed by atoms with Gasteiger partial charge in [-0.1, -0.05) is 19.1 Å². The first-order valence-corrected chi connectivity index (χ1v) is 7.79. The molecule has 0 aliphatic rings. The zero-order valence-electron chi connectivity index (χ0n) is 13.6. The molecule has 0 saturated carbocycles. The normalized spacial score (nSPS) is 13.3. The maximum Gasteiger partial charge on any atom is 0.417 e. The van der Waals surface area contributed by atoms with Crippen molar-refractivity contribution in [3.8, 4) is 0 Å². The number of halogens is 5. The number of aromatic nitrogens is 3. The fourth-order valence-corrected chi connectivity index (χ4v) is 2.63. The van der Waals surface area contributed by atoms with Crippen molar-refractivity contribution in [2.24, 2.45) is 0 Å². The first kappa shape index (κ1) is 18.1. The molecule has 1 atom stereocenters. The summed E-state index contributed by atoms with van der Waals surface area (Å²) in [5.41, 5.74) is -0.0603. The fraction of sp³-hybridized carbons (Fsp3) is 0.294. The Morgan fingerprint density at radius 2 is 1.85 bits per heavy atom. The smallest absolute Gasteiger partial charge is 0.369 e. The van der Waals surface area contributed by atoms with E-state index in [4.69, 9.17) is 0 Å². The third-order valence-electron chi connectivity index (χ3n) is 3.94. The number of hydrogen-bond acceptors (Lipinski definition) is 3. The van der Waals surface area contributed by atoms with E-state index in [1.165, 1.54) is 6.07 Å². The van der Waals surface area contributed by atoms with Crippen molar-refractivity contribution in [3.63, 3.8) is 0 Å². The molecule has 1 aromatic carbocycles. The highest BCUT2D eigenvalue weighted by Crippen LogP contribution is 2.30. The summed E-state index contributed by atoms with van der Waals surface area (Å²) >= 11 is 0. The SMILES string of the molecule is C[C@@H](CNc1ccc(C(F)(F)F)cn1)c1nc2ccccc2n1C(F)F. The summed E-state index contributed by atoms with van der Waals surface area (Å²) in [6.07, 6.45) is -3.73. The van der Waals surface area contributed by atoms with Crippen molar-refractivity contribution in [2.45, 2.75) is 25.6 Å². The van der Waals surface area contributed by atoms with Crippen LogP contribution in [0.5, 0.6) is 0 Å². The highest BCUT2D eigenvalue weighted by Gasteiger charge is 2.30. The summed E-state index contributed by atoms with van der Waals surface area (Å²) in [6.45, 7) is -0.852. The van der Waals surface area contributed by atoms with Crippen LogP contribution in [-0.2, 0) is 6.18 Å². The molecule has 0 aliphatic heterocycles. The zero-order valence-corrected chi connectivity index (χ0v) is 13.6. The number of pyridine rings is 1. The van der Waals surface area contributed by atoms with Gasteiger partial charge in [-0.3, -0.25) is 4.57 Å². The number of alkyl halides is 5. The van der Waals surface area contributed by atoms with Crippen LogP contribution in [0.15, 0.2) is 42.6 Å². The Morgan fingerprint density at radius 1 is 1.12 bits per heavy atom. The van der Waals surface area contributed by atoms with Gasteiger partial charge in [-0.2, -0.15) is 22.0 Å². The van der Waals surface area contributed by atoms with Gasteiger partial charge < -0.3 is 5.32 Å². The van der Waals surface area contributed by atoms with Crippen LogP contribution in [0.3, 0.4) is 0 Å². The molecule has 0 amide bonds. The molecule has 3 rings (SSSR count). The maximum absolute atomic E-state index is 13.5. The molecule has 0 fully saturated rings. The summed E-state index contributed by atoms with van der Waals surface area (Å²) in [5, 5.41) is 2.86. The molecule has 0 aliphatic carbocycles. The van der Waals surface area contributed by atoms with Crippen LogP contribution < -0.4 is 5.32 Å². The van der Waals surface area contributed by atoms with Gasteiger partial charge in [0.1, 0.15) is 11.6 Å². The first-order chi connectivity index (χ1) is 12.3. The number of para-hydroxylation sites is 2. The molecule has 3 aromatic rings. The highest BCUT2D eigenvalue weighted by molar-refractivity contribution is 5.76. The predicted molar refractivity (Wildman–Crippen MR) is 87.1 cm³/mol. The minimum atomic E-state index is -4.46. The molecule has 0 spiro atoms. The predicted octanol–water partition coefficient (Wildman–Crippen LogP) is 5.06. The number of benzene rings is 1. The van der Waals surface area contributed by atoms with Gasteiger partial charge in [0.05, 0.1) is 16.6 Å². The second-order valence-corrected chi connectivity index (χ2v) is 5.82. The topological polar surface area (TPSA) is 42.7 Å². The molecule has 2 aromatic heterocycles. The van der Waals surface area contributed by atoms with Crippen LogP contribution in [0, 0.1) is 0 Å². The van der Waals surface area contributed by atoms with E-state index in [2.05, 4.69) is 15.3 Å². The fourth-order valence-electron chi connectivity index (χ4n) is 2.63. The molecule has 9 heteroatoms. The van der Waals surface area contributed by atoms with E-state index in [-0.39, 0.29) is 18.2 Å². The molecule has 26 heavy (non-hydrogen) atoms. The van der Waals surface area contributed by atoms with Crippen LogP contribution in [-0.4, -0.2) is 21.1 Å². The largest absolute Gasteiger partial charge is 0.417 e. The van der Waals surface area contributed by atoms with Crippen LogP contribution in [0.4, 0.5) is 27.8 Å². The van der Waals surface area contributed by atoms with Gasteiger partial charge in [0.15, 0.2) is 0 Å². The number of anilines is 1. The maximum atomic E-state index is 13.5. The Balaban J connectivity index is 1.77. The molecule has 0 bridgehead atoms. The van der Waals surface area contributed by atoms with Crippen LogP contribution >= 0.6 is 0 Å². The Morgan fingerprint density at radius 3 is 2.46 bits per heavy atom. The quantitative estimate of drug-likeness (QED) is 0.639. The number of imidazole rings is 1. The number of nitrogens with one attached hydrogen (secondary N) is 1. The third kappa shape index (κ3) is 3.61. The number of fused-ring (bicyclic) bond motifs is 1. The van der Waals surface area contributed by atoms with Crippen molar-refractivity contribution < 1.29 is 22.0 Å². The van der Waals surface area contributed by atoms with Crippen molar-refractivity contribution in [1.29, 1.82) is 0 Å². The minimum absolute atomic E-state index is 0.189. The lowest BCUT2D eigenvalue weighted by Crippen LogP contribution is -2.16. The van der Waals surface area contributed by atoms with Crippen molar-refractivity contribution in [3.05, 3.63) is 54.0 Å². The second kappa shape index (κ2) is 6.89. The van der Waals surface area contributed by atoms with Crippen LogP contribution in [0.25, 0.3) is 11.0 Å². The Kier molecular flexibility index (Phi) is 4.80. The molecular formula is C17H15F5N4. The van der Waals surface area contributed by atoms with Gasteiger partial charge in [-0.25, -0.2) is 9.97 Å². The van der Waals surface area contributed by atoms with Crippen molar-refractivity contribution >= 4 is 16.9 Å². The van der Waals surface area contributed by atoms with Gasteiger partial charge >= 0.3 is 12.7 Å². The molecule has 0 saturated heterocycles. The summed E-state index contributed by atoms with van der Waals surface area (Å²) in [6, 6.07) is 8.69. The lowest BCUT2D eigenvalue weighted by molar-refractivity contribution is -0.137. The molecule has 0 radical (unpaired) electrons. The summed E-state index contributed by atoms with van der Waals surface area (Å²) < 4.78 is 65.4. The lowest BCUT2D eigenvalue weighted by Gasteiger charge is -2.15. The van der Waals surface area contributed by atoms with E-state index >= 15 is 0 Å². The number of rotatable bonds is 5. The Bertz CT molecular complexity index is 886. The molecule has 4 nitrogen and oxygen atoms in total.